The normalized spacial score (nSPS) is 11.8. The lowest BCUT2D eigenvalue weighted by molar-refractivity contribution is 1.05. The van der Waals surface area contributed by atoms with Crippen LogP contribution in [0.4, 0.5) is 0 Å². The van der Waals surface area contributed by atoms with Crippen molar-refractivity contribution >= 4 is 86.7 Å². The zero-order chi connectivity index (χ0) is 89.4. The van der Waals surface area contributed by atoms with E-state index in [1.165, 1.54) is 243 Å². The van der Waals surface area contributed by atoms with Crippen molar-refractivity contribution in [3.63, 3.8) is 0 Å². The van der Waals surface area contributed by atoms with Crippen molar-refractivity contribution in [2.75, 3.05) is 0 Å². The molecule has 6 heterocycles. The summed E-state index contributed by atoms with van der Waals surface area (Å²) >= 11 is 0. The summed E-state index contributed by atoms with van der Waals surface area (Å²) in [6.07, 6.45) is 11.1. The van der Waals surface area contributed by atoms with Gasteiger partial charge in [-0.2, -0.15) is 0 Å². The highest BCUT2D eigenvalue weighted by molar-refractivity contribution is 6.27. The molecule has 0 aliphatic heterocycles. The Balaban J connectivity index is 0.0000000922. The minimum absolute atomic E-state index is 0.921. The van der Waals surface area contributed by atoms with Crippen LogP contribution in [0.15, 0.2) is 498 Å². The predicted octanol–water partition coefficient (Wildman–Crippen LogP) is 34.5. The van der Waals surface area contributed by atoms with Crippen LogP contribution < -0.4 is 0 Å². The molecule has 0 N–H and O–H groups in total. The van der Waals surface area contributed by atoms with E-state index in [1.807, 2.05) is 24.4 Å². The maximum Gasteiger partial charge on any atom is 0.137 e. The molecule has 0 spiro atoms. The van der Waals surface area contributed by atoms with Crippen molar-refractivity contribution in [3.05, 3.63) is 498 Å². The molecule has 0 atom stereocenters. The molecule has 4 aliphatic carbocycles. The Morgan fingerprint density at radius 3 is 0.787 bits per heavy atom. The van der Waals surface area contributed by atoms with Gasteiger partial charge in [-0.1, -0.05) is 394 Å². The van der Waals surface area contributed by atoms with Crippen molar-refractivity contribution in [2.24, 2.45) is 0 Å². The fraction of sp³-hybridized carbons (Fsp3) is 0. The number of nitrogens with zero attached hydrogens (tertiary/aromatic N) is 6. The third-order valence-electron chi connectivity index (χ3n) is 28.3. The fourth-order valence-electron chi connectivity index (χ4n) is 22.4. The Morgan fingerprint density at radius 2 is 0.419 bits per heavy atom. The topological polar surface area (TPSA) is 45.5 Å². The van der Waals surface area contributed by atoms with Crippen LogP contribution in [-0.4, -0.2) is 28.2 Å². The number of hydrogen-bond acceptors (Lipinski definition) is 2. The molecule has 0 saturated carbocycles. The third kappa shape index (κ3) is 12.5. The molecule has 136 heavy (non-hydrogen) atoms. The lowest BCUT2D eigenvalue weighted by Crippen LogP contribution is -1.98. The van der Waals surface area contributed by atoms with Crippen molar-refractivity contribution in [1.82, 2.24) is 28.2 Å². The van der Waals surface area contributed by atoms with E-state index >= 15 is 0 Å². The summed E-state index contributed by atoms with van der Waals surface area (Å²) in [5, 5.41) is 15.4. The van der Waals surface area contributed by atoms with E-state index in [4.69, 9.17) is 4.98 Å². The molecule has 0 fully saturated rings. The lowest BCUT2D eigenvalue weighted by atomic mass is 9.91. The second-order valence-corrected chi connectivity index (χ2v) is 35.7. The number of hydrogen-bond donors (Lipinski definition) is 0. The number of rotatable bonds is 6. The Morgan fingerprint density at radius 1 is 0.162 bits per heavy atom. The molecule has 6 heteroatoms. The highest BCUT2D eigenvalue weighted by atomic mass is 15.1. The summed E-state index contributed by atoms with van der Waals surface area (Å²) < 4.78 is 9.26. The van der Waals surface area contributed by atoms with Gasteiger partial charge >= 0.3 is 0 Å². The van der Waals surface area contributed by atoms with Gasteiger partial charge in [-0.3, -0.25) is 0 Å². The van der Waals surface area contributed by atoms with Crippen LogP contribution in [0.2, 0.25) is 0 Å². The molecule has 20 aromatic carbocycles. The van der Waals surface area contributed by atoms with E-state index in [0.717, 1.165) is 22.9 Å². The van der Waals surface area contributed by atoms with Gasteiger partial charge in [-0.05, 0) is 216 Å². The molecule has 0 amide bonds. The summed E-state index contributed by atoms with van der Waals surface area (Å²) in [5.41, 5.74) is 42.7. The fourth-order valence-corrected chi connectivity index (χ4v) is 22.4. The van der Waals surface area contributed by atoms with Gasteiger partial charge < -0.3 is 18.3 Å². The van der Waals surface area contributed by atoms with Crippen LogP contribution in [0.5, 0.6) is 0 Å². The van der Waals surface area contributed by atoms with Crippen LogP contribution in [0.3, 0.4) is 0 Å². The van der Waals surface area contributed by atoms with Gasteiger partial charge in [-0.15, -0.1) is 0 Å². The first kappa shape index (κ1) is 77.8. The van der Waals surface area contributed by atoms with Gasteiger partial charge in [0.2, 0.25) is 0 Å². The average molecular weight is 1730 g/mol. The second kappa shape index (κ2) is 31.9. The van der Waals surface area contributed by atoms with Gasteiger partial charge in [0.25, 0.3) is 0 Å². The average Bonchev–Trinajstić information content (AvgIpc) is 1.57. The number of para-hydroxylation sites is 1. The minimum Gasteiger partial charge on any atom is -0.316 e. The summed E-state index contributed by atoms with van der Waals surface area (Å²) in [7, 11) is 0. The van der Waals surface area contributed by atoms with Gasteiger partial charge in [0.05, 0.1) is 27.8 Å². The molecular weight excluding hydrogens is 1650 g/mol. The predicted molar refractivity (Wildman–Crippen MR) is 569 cm³/mol. The molecule has 6 nitrogen and oxygen atoms in total. The molecular formula is C130H82N6. The summed E-state index contributed by atoms with van der Waals surface area (Å²) in [6.45, 7) is 0. The second-order valence-electron chi connectivity index (χ2n) is 35.7. The number of aromatic nitrogens is 6. The lowest BCUT2D eigenvalue weighted by Gasteiger charge is -2.15. The molecule has 30 rings (SSSR count). The zero-order valence-corrected chi connectivity index (χ0v) is 74.0. The Labute approximate surface area is 786 Å². The third-order valence-corrected chi connectivity index (χ3v) is 28.3. The van der Waals surface area contributed by atoms with E-state index in [0.29, 0.717) is 0 Å². The Kier molecular flexibility index (Phi) is 18.2. The smallest absolute Gasteiger partial charge is 0.137 e. The molecule has 0 saturated heterocycles. The molecule has 0 radical (unpaired) electrons. The number of fused-ring (bicyclic) bond motifs is 28. The van der Waals surface area contributed by atoms with Crippen LogP contribution in [0, 0.1) is 0 Å². The van der Waals surface area contributed by atoms with Gasteiger partial charge in [-0.25, -0.2) is 9.97 Å². The summed E-state index contributed by atoms with van der Waals surface area (Å²) in [5.74, 6) is 1.86. The minimum atomic E-state index is 0.921. The van der Waals surface area contributed by atoms with Crippen molar-refractivity contribution in [2.45, 2.75) is 0 Å². The first-order valence-corrected chi connectivity index (χ1v) is 46.7. The van der Waals surface area contributed by atoms with Gasteiger partial charge in [0, 0.05) is 114 Å². The first-order valence-electron chi connectivity index (χ1n) is 46.7. The first-order chi connectivity index (χ1) is 67.5. The van der Waals surface area contributed by atoms with Crippen LogP contribution in [-0.2, 0) is 0 Å². The Bertz CT molecular complexity index is 8810. The zero-order valence-electron chi connectivity index (χ0n) is 74.0. The Hall–Kier alpha value is -18.1. The SMILES string of the molecule is c1ccc(-c2cccc(-n3cc4c5c(c6ccccc6cc53)-c3ccccc3-c3ccccc3-4)c2)cc1.c1ccc(-c2cccc(-n3cc4c5c(c6ccccc6cc53)-c3ccccc3-c3ccccc3-4)n2)cc1.c1ccc(-n2cc3c4c(c5ccccc5cc42)-c2ccccc2-c2ccccc2-3)cc1.c1ccc(-n2cc3c4c(c5ccccc5cc42)-c2ccccc2-c2ccccc2-3)nc1. The van der Waals surface area contributed by atoms with E-state index in [-0.39, 0.29) is 0 Å². The van der Waals surface area contributed by atoms with Crippen LogP contribution >= 0.6 is 0 Å². The quantitative estimate of drug-likeness (QED) is 0.167. The molecule has 4 aliphatic rings. The van der Waals surface area contributed by atoms with Gasteiger partial charge in [0.1, 0.15) is 11.6 Å². The summed E-state index contributed by atoms with van der Waals surface area (Å²) in [4.78, 5) is 9.79. The molecule has 6 aromatic heterocycles. The molecule has 26 aromatic rings. The molecule has 0 unspecified atom stereocenters. The monoisotopic (exact) mass is 1730 g/mol. The number of pyridine rings is 2. The maximum absolute atomic E-state index is 5.13. The molecule has 0 bridgehead atoms. The van der Waals surface area contributed by atoms with E-state index in [9.17, 15) is 0 Å². The van der Waals surface area contributed by atoms with E-state index < -0.39 is 0 Å². The van der Waals surface area contributed by atoms with Gasteiger partial charge in [0.15, 0.2) is 0 Å². The maximum atomic E-state index is 5.13. The highest BCUT2D eigenvalue weighted by Crippen LogP contribution is 2.57. The highest BCUT2D eigenvalue weighted by Gasteiger charge is 2.33. The number of benzene rings is 20. The van der Waals surface area contributed by atoms with Crippen LogP contribution in [0.1, 0.15) is 0 Å². The standard InChI is InChI=1S/C36H23N.C35H22N2.C30H19N.C29H18N2/c1-2-11-24(12-3-1)25-14-10-15-27(21-25)37-23-33-31-19-7-6-17-29(31)30-18-8-9-20-32(30)35-28-16-5-4-13-26(28)22-34(37)36(33)35;1-2-11-23(12-3-1)31-19-10-20-33(36-31)37-22-30-28-17-7-6-15-26(28)27-16-8-9-18-29(27)34-25-14-5-4-13-24(25)21-32(37)35(30)34;1-2-11-21(12-3-1)31-19-27-25-16-7-6-14-23(25)24-15-8-9-17-26(24)29-22-13-5-4-10-20(22)18-28(31)30(27)29;1-2-10-20-19(9-1)17-26-29-25(18-31(26)27-15-7-8-16-30-27)23-13-4-3-11-21(23)22-12-5-6-14-24(22)28(20)29/h1-23H;1-22H;1-19H;1-18H. The van der Waals surface area contributed by atoms with E-state index in [2.05, 4.69) is 497 Å². The van der Waals surface area contributed by atoms with Crippen molar-refractivity contribution in [1.29, 1.82) is 0 Å². The largest absolute Gasteiger partial charge is 0.316 e. The van der Waals surface area contributed by atoms with Crippen LogP contribution in [0.25, 0.3) is 266 Å². The molecule has 632 valence electrons. The van der Waals surface area contributed by atoms with Crippen molar-refractivity contribution < 1.29 is 0 Å². The summed E-state index contributed by atoms with van der Waals surface area (Å²) in [6, 6.07) is 168. The van der Waals surface area contributed by atoms with Crippen molar-refractivity contribution in [3.8, 4) is 179 Å². The van der Waals surface area contributed by atoms with E-state index in [1.54, 1.807) is 0 Å².